The summed E-state index contributed by atoms with van der Waals surface area (Å²) in [5.74, 6) is 0. The number of rotatable bonds is 0. The van der Waals surface area contributed by atoms with Gasteiger partial charge in [0.05, 0.1) is 0 Å². The van der Waals surface area contributed by atoms with Crippen LogP contribution in [0.2, 0.25) is 0 Å². The van der Waals surface area contributed by atoms with Gasteiger partial charge in [-0.25, -0.2) is 0 Å². The van der Waals surface area contributed by atoms with E-state index in [0.29, 0.717) is 0 Å². The van der Waals surface area contributed by atoms with Gasteiger partial charge in [0.1, 0.15) is 0 Å². The molecule has 0 saturated heterocycles. The Balaban J connectivity index is 0. The molecule has 0 spiro atoms. The van der Waals surface area contributed by atoms with Crippen molar-refractivity contribution in [3.05, 3.63) is 0 Å². The summed E-state index contributed by atoms with van der Waals surface area (Å²) >= 11 is 0. The minimum atomic E-state index is 0. The predicted molar refractivity (Wildman–Crippen MR) is 7.13 cm³/mol. The van der Waals surface area contributed by atoms with Crippen molar-refractivity contribution in [3.8, 4) is 0 Å². The van der Waals surface area contributed by atoms with Gasteiger partial charge in [0.25, 0.3) is 0 Å². The van der Waals surface area contributed by atoms with Crippen LogP contribution in [0, 0.1) is 0 Å². The van der Waals surface area contributed by atoms with E-state index in [4.69, 9.17) is 0 Å². The minimum absolute atomic E-state index is 0. The van der Waals surface area contributed by atoms with Crippen LogP contribution in [0.1, 0.15) is 0 Å². The molecule has 0 atom stereocenters. The molecule has 0 aromatic rings. The molecule has 2 nitrogen and oxygen atoms in total. The molecule has 0 aliphatic carbocycles. The first kappa shape index (κ1) is 48.8. The third kappa shape index (κ3) is 20.6. The van der Waals surface area contributed by atoms with Crippen LogP contribution in [-0.2, 0) is 54.4 Å². The summed E-state index contributed by atoms with van der Waals surface area (Å²) in [4.78, 5) is 0. The molecule has 0 bridgehead atoms. The fourth-order valence-corrected chi connectivity index (χ4v) is 0. The van der Waals surface area contributed by atoms with Gasteiger partial charge in [-0.05, 0) is 0 Å². The van der Waals surface area contributed by atoms with Crippen molar-refractivity contribution < 1.29 is 54.4 Å². The van der Waals surface area contributed by atoms with E-state index in [-0.39, 0.29) is 92.1 Å². The van der Waals surface area contributed by atoms with E-state index in [1.165, 1.54) is 0 Å². The zero-order valence-corrected chi connectivity index (χ0v) is 7.86. The van der Waals surface area contributed by atoms with Crippen molar-refractivity contribution in [2.24, 2.45) is 0 Å². The molecular weight excluding hydrogens is 168 g/mol. The summed E-state index contributed by atoms with van der Waals surface area (Å²) in [7, 11) is 0. The van der Waals surface area contributed by atoms with Crippen molar-refractivity contribution in [3.63, 3.8) is 0 Å². The first-order chi connectivity index (χ1) is 0. The Bertz CT molecular complexity index is 7.61. The summed E-state index contributed by atoms with van der Waals surface area (Å²) < 4.78 is 0. The van der Waals surface area contributed by atoms with Gasteiger partial charge in [-0.3, -0.25) is 0 Å². The van der Waals surface area contributed by atoms with E-state index in [2.05, 4.69) is 0 Å². The molecular formula is CaO2Ti2+6. The molecule has 0 aliphatic rings. The van der Waals surface area contributed by atoms with Crippen molar-refractivity contribution in [1.82, 2.24) is 0 Å². The molecule has 5 heavy (non-hydrogen) atoms. The van der Waals surface area contributed by atoms with Gasteiger partial charge in [-0.15, -0.1) is 0 Å². The Hall–Kier alpha value is 2.61. The monoisotopic (exact) mass is 168 g/mol. The summed E-state index contributed by atoms with van der Waals surface area (Å²) in [6.45, 7) is 0. The molecule has 0 radical (unpaired) electrons. The van der Waals surface area contributed by atoms with E-state index in [1.54, 1.807) is 0 Å². The average Bonchev–Trinajstić information content (AvgIpc) is 0. The van der Waals surface area contributed by atoms with Crippen molar-refractivity contribution in [2.45, 2.75) is 0 Å². The van der Waals surface area contributed by atoms with E-state index in [0.717, 1.165) is 0 Å². The summed E-state index contributed by atoms with van der Waals surface area (Å²) in [6, 6.07) is 0. The van der Waals surface area contributed by atoms with Crippen LogP contribution in [0.5, 0.6) is 0 Å². The molecule has 0 heterocycles. The second-order valence-electron chi connectivity index (χ2n) is 0. The van der Waals surface area contributed by atoms with E-state index in [1.807, 2.05) is 0 Å². The second-order valence-corrected chi connectivity index (χ2v) is 0. The van der Waals surface area contributed by atoms with Gasteiger partial charge in [0.15, 0.2) is 0 Å². The van der Waals surface area contributed by atoms with Crippen LogP contribution >= 0.6 is 0 Å². The molecule has 0 unspecified atom stereocenters. The van der Waals surface area contributed by atoms with Crippen LogP contribution in [0.25, 0.3) is 0 Å². The van der Waals surface area contributed by atoms with Crippen LogP contribution < -0.4 is 0 Å². The first-order valence-electron chi connectivity index (χ1n) is 0. The molecule has 0 amide bonds. The summed E-state index contributed by atoms with van der Waals surface area (Å²) in [5.41, 5.74) is 0. The molecule has 16 valence electrons. The Morgan fingerprint density at radius 1 is 0.600 bits per heavy atom. The molecule has 0 aliphatic heterocycles. The predicted octanol–water partition coefficient (Wildman–Crippen LogP) is -0.623. The Kier molecular flexibility index (Phi) is 298. The van der Waals surface area contributed by atoms with Gasteiger partial charge >= 0.3 is 81.2 Å². The zero-order chi connectivity index (χ0) is 0. The fraction of sp³-hybridized carbons (Fsp3) is 0. The van der Waals surface area contributed by atoms with Gasteiger partial charge in [0.2, 0.25) is 0 Å². The van der Waals surface area contributed by atoms with Gasteiger partial charge < -0.3 is 11.0 Å². The van der Waals surface area contributed by atoms with Crippen LogP contribution in [0.15, 0.2) is 0 Å². The van der Waals surface area contributed by atoms with Gasteiger partial charge in [-0.2, -0.15) is 0 Å². The largest absolute Gasteiger partial charge is 4.00 e. The van der Waals surface area contributed by atoms with Crippen LogP contribution in [0.3, 0.4) is 0 Å². The fourth-order valence-electron chi connectivity index (χ4n) is 0. The first-order valence-corrected chi connectivity index (χ1v) is 0. The number of hydrogen-bond donors (Lipinski definition) is 0. The average molecular weight is 168 g/mol. The van der Waals surface area contributed by atoms with E-state index in [9.17, 15) is 0 Å². The molecule has 0 saturated carbocycles. The van der Waals surface area contributed by atoms with E-state index >= 15 is 0 Å². The second kappa shape index (κ2) is 30.6. The quantitative estimate of drug-likeness (QED) is 0.432. The SMILES string of the molecule is [Ca+2].[O-2].[O-2].[Ti+4].[Ti+4]. The zero-order valence-electron chi connectivity index (χ0n) is 2.52. The van der Waals surface area contributed by atoms with Gasteiger partial charge in [0, 0.05) is 0 Å². The van der Waals surface area contributed by atoms with Crippen molar-refractivity contribution in [1.29, 1.82) is 0 Å². The van der Waals surface area contributed by atoms with Crippen LogP contribution in [0.4, 0.5) is 0 Å². The third-order valence-electron chi connectivity index (χ3n) is 0. The summed E-state index contributed by atoms with van der Waals surface area (Å²) in [6.07, 6.45) is 0. The molecule has 0 N–H and O–H groups in total. The van der Waals surface area contributed by atoms with Crippen molar-refractivity contribution in [2.75, 3.05) is 0 Å². The minimum Gasteiger partial charge on any atom is -2.00 e. The molecule has 5 heteroatoms. The molecule has 0 aromatic carbocycles. The molecule has 0 rings (SSSR count). The Morgan fingerprint density at radius 2 is 0.600 bits per heavy atom. The Morgan fingerprint density at radius 3 is 0.600 bits per heavy atom. The standard InChI is InChI=1S/Ca.2O.2Ti/q+2;2*-2;2*+4. The maximum atomic E-state index is 0. The van der Waals surface area contributed by atoms with Crippen molar-refractivity contribution >= 4 is 37.7 Å². The number of hydrogen-bond acceptors (Lipinski definition) is 0. The van der Waals surface area contributed by atoms with Gasteiger partial charge in [-0.1, -0.05) is 0 Å². The van der Waals surface area contributed by atoms with Crippen LogP contribution in [-0.4, -0.2) is 37.7 Å². The molecule has 0 fully saturated rings. The Labute approximate surface area is 90.5 Å². The topological polar surface area (TPSA) is 57.0 Å². The molecule has 0 aromatic heterocycles. The maximum absolute atomic E-state index is 0. The third-order valence-corrected chi connectivity index (χ3v) is 0. The maximum Gasteiger partial charge on any atom is 4.00 e. The normalized spacial score (nSPS) is 0. The summed E-state index contributed by atoms with van der Waals surface area (Å²) in [5, 5.41) is 0. The van der Waals surface area contributed by atoms with E-state index < -0.39 is 0 Å². The smallest absolute Gasteiger partial charge is 2.00 e.